The molecule has 0 bridgehead atoms. The molecule has 0 radical (unpaired) electrons. The van der Waals surface area contributed by atoms with E-state index in [0.29, 0.717) is 24.7 Å². The minimum absolute atomic E-state index is 0.104. The summed E-state index contributed by atoms with van der Waals surface area (Å²) in [6.07, 6.45) is 3.05. The van der Waals surface area contributed by atoms with Crippen molar-refractivity contribution in [2.45, 2.75) is 72.6 Å². The normalized spacial score (nSPS) is 13.2. The summed E-state index contributed by atoms with van der Waals surface area (Å²) in [6, 6.07) is 0. The molecule has 0 aliphatic carbocycles. The van der Waals surface area contributed by atoms with E-state index in [1.807, 2.05) is 11.8 Å². The lowest BCUT2D eigenvalue weighted by atomic mass is 9.96. The first-order valence-electron chi connectivity index (χ1n) is 8.38. The van der Waals surface area contributed by atoms with Gasteiger partial charge in [0, 0.05) is 31.3 Å². The smallest absolute Gasteiger partial charge is 0.226 e. The highest BCUT2D eigenvalue weighted by molar-refractivity contribution is 5.76. The van der Waals surface area contributed by atoms with Crippen molar-refractivity contribution < 1.29 is 9.32 Å². The number of hydrogen-bond donors (Lipinski definition) is 0. The highest BCUT2D eigenvalue weighted by atomic mass is 16.5. The standard InChI is InChI=1S/C17H31N3O2/c1-7-13(3)12-20(8-2)15(21)11-9-10-14-18-16(19-22-14)17(4,5)6/h13H,7-12H2,1-6H3. The first-order chi connectivity index (χ1) is 10.3. The fourth-order valence-electron chi connectivity index (χ4n) is 2.12. The second kappa shape index (κ2) is 8.30. The maximum atomic E-state index is 12.2. The molecule has 5 nitrogen and oxygen atoms in total. The van der Waals surface area contributed by atoms with Gasteiger partial charge in [-0.3, -0.25) is 4.79 Å². The zero-order chi connectivity index (χ0) is 16.8. The topological polar surface area (TPSA) is 59.2 Å². The maximum Gasteiger partial charge on any atom is 0.226 e. The maximum absolute atomic E-state index is 12.2. The minimum atomic E-state index is -0.104. The van der Waals surface area contributed by atoms with Gasteiger partial charge >= 0.3 is 0 Å². The summed E-state index contributed by atoms with van der Waals surface area (Å²) in [5.74, 6) is 2.12. The van der Waals surface area contributed by atoms with Crippen molar-refractivity contribution in [2.24, 2.45) is 5.92 Å². The second-order valence-electron chi connectivity index (χ2n) is 7.06. The number of carbonyl (C=O) groups excluding carboxylic acids is 1. The first-order valence-corrected chi connectivity index (χ1v) is 8.38. The third-order valence-corrected chi connectivity index (χ3v) is 3.88. The zero-order valence-electron chi connectivity index (χ0n) is 15.0. The molecule has 0 fully saturated rings. The van der Waals surface area contributed by atoms with Gasteiger partial charge in [0.15, 0.2) is 5.82 Å². The molecule has 22 heavy (non-hydrogen) atoms. The molecule has 0 N–H and O–H groups in total. The Kier molecular flexibility index (Phi) is 7.04. The van der Waals surface area contributed by atoms with Crippen LogP contribution in [-0.4, -0.2) is 34.0 Å². The van der Waals surface area contributed by atoms with Gasteiger partial charge in [0.05, 0.1) is 0 Å². The van der Waals surface area contributed by atoms with E-state index in [0.717, 1.165) is 31.8 Å². The van der Waals surface area contributed by atoms with E-state index >= 15 is 0 Å². The van der Waals surface area contributed by atoms with Crippen molar-refractivity contribution in [1.29, 1.82) is 0 Å². The Morgan fingerprint density at radius 2 is 2.00 bits per heavy atom. The average Bonchev–Trinajstić information content (AvgIpc) is 2.93. The van der Waals surface area contributed by atoms with Gasteiger partial charge in [-0.2, -0.15) is 4.98 Å². The molecule has 0 aliphatic heterocycles. The van der Waals surface area contributed by atoms with Crippen LogP contribution in [0.1, 0.15) is 72.5 Å². The van der Waals surface area contributed by atoms with E-state index in [1.165, 1.54) is 0 Å². The Morgan fingerprint density at radius 1 is 1.32 bits per heavy atom. The molecule has 0 aliphatic rings. The number of hydrogen-bond acceptors (Lipinski definition) is 4. The van der Waals surface area contributed by atoms with Crippen molar-refractivity contribution in [3.63, 3.8) is 0 Å². The molecular weight excluding hydrogens is 278 g/mol. The van der Waals surface area contributed by atoms with Crippen LogP contribution in [0.2, 0.25) is 0 Å². The number of aromatic nitrogens is 2. The molecule has 1 unspecified atom stereocenters. The van der Waals surface area contributed by atoms with Crippen LogP contribution in [0.25, 0.3) is 0 Å². The highest BCUT2D eigenvalue weighted by Crippen LogP contribution is 2.19. The van der Waals surface area contributed by atoms with E-state index < -0.39 is 0 Å². The van der Waals surface area contributed by atoms with Crippen molar-refractivity contribution in [3.05, 3.63) is 11.7 Å². The molecular formula is C17H31N3O2. The molecule has 1 amide bonds. The van der Waals surface area contributed by atoms with Crippen molar-refractivity contribution >= 4 is 5.91 Å². The van der Waals surface area contributed by atoms with Crippen LogP contribution < -0.4 is 0 Å². The Hall–Kier alpha value is -1.39. The Balaban J connectivity index is 2.42. The predicted molar refractivity (Wildman–Crippen MR) is 87.6 cm³/mol. The summed E-state index contributed by atoms with van der Waals surface area (Å²) in [5, 5.41) is 4.01. The molecule has 5 heteroatoms. The zero-order valence-corrected chi connectivity index (χ0v) is 15.0. The molecule has 1 atom stereocenters. The van der Waals surface area contributed by atoms with E-state index in [1.54, 1.807) is 0 Å². The van der Waals surface area contributed by atoms with Gasteiger partial charge in [-0.15, -0.1) is 0 Å². The van der Waals surface area contributed by atoms with E-state index in [4.69, 9.17) is 4.52 Å². The molecule has 1 rings (SSSR count). The number of carbonyl (C=O) groups is 1. The highest BCUT2D eigenvalue weighted by Gasteiger charge is 2.21. The Labute approximate surface area is 134 Å². The van der Waals surface area contributed by atoms with Crippen molar-refractivity contribution in [1.82, 2.24) is 15.0 Å². The van der Waals surface area contributed by atoms with Gasteiger partial charge in [-0.25, -0.2) is 0 Å². The Bertz CT molecular complexity index is 463. The molecule has 1 heterocycles. The van der Waals surface area contributed by atoms with E-state index in [2.05, 4.69) is 44.8 Å². The van der Waals surface area contributed by atoms with Crippen LogP contribution in [-0.2, 0) is 16.6 Å². The van der Waals surface area contributed by atoms with Gasteiger partial charge < -0.3 is 9.42 Å². The summed E-state index contributed by atoms with van der Waals surface area (Å²) in [5.41, 5.74) is -0.104. The fraction of sp³-hybridized carbons (Fsp3) is 0.824. The van der Waals surface area contributed by atoms with E-state index in [9.17, 15) is 4.79 Å². The SMILES string of the molecule is CCC(C)CN(CC)C(=O)CCCc1nc(C(C)(C)C)no1. The summed E-state index contributed by atoms with van der Waals surface area (Å²) >= 11 is 0. The third-order valence-electron chi connectivity index (χ3n) is 3.88. The molecule has 0 saturated carbocycles. The molecule has 126 valence electrons. The quantitative estimate of drug-likeness (QED) is 0.736. The predicted octanol–water partition coefficient (Wildman–Crippen LogP) is 3.58. The van der Waals surface area contributed by atoms with Crippen LogP contribution in [0.5, 0.6) is 0 Å². The summed E-state index contributed by atoms with van der Waals surface area (Å²) in [4.78, 5) is 18.6. The van der Waals surface area contributed by atoms with Gasteiger partial charge in [0.2, 0.25) is 11.8 Å². The fourth-order valence-corrected chi connectivity index (χ4v) is 2.12. The molecule has 1 aromatic heterocycles. The average molecular weight is 309 g/mol. The third kappa shape index (κ3) is 5.78. The second-order valence-corrected chi connectivity index (χ2v) is 7.06. The number of amides is 1. The van der Waals surface area contributed by atoms with E-state index in [-0.39, 0.29) is 11.3 Å². The Morgan fingerprint density at radius 3 is 2.50 bits per heavy atom. The number of aryl methyl sites for hydroxylation is 1. The van der Waals surface area contributed by atoms with Gasteiger partial charge in [0.1, 0.15) is 0 Å². The van der Waals surface area contributed by atoms with Crippen LogP contribution in [0.3, 0.4) is 0 Å². The first kappa shape index (κ1) is 18.7. The van der Waals surface area contributed by atoms with Gasteiger partial charge in [0.25, 0.3) is 0 Å². The molecule has 0 spiro atoms. The van der Waals surface area contributed by atoms with Crippen LogP contribution in [0.15, 0.2) is 4.52 Å². The lowest BCUT2D eigenvalue weighted by molar-refractivity contribution is -0.131. The molecule has 1 aromatic rings. The number of nitrogens with zero attached hydrogens (tertiary/aromatic N) is 3. The lowest BCUT2D eigenvalue weighted by Gasteiger charge is -2.24. The van der Waals surface area contributed by atoms with Crippen LogP contribution >= 0.6 is 0 Å². The summed E-state index contributed by atoms with van der Waals surface area (Å²) in [6.45, 7) is 14.2. The molecule has 0 aromatic carbocycles. The largest absolute Gasteiger partial charge is 0.343 e. The number of rotatable bonds is 8. The van der Waals surface area contributed by atoms with Crippen LogP contribution in [0.4, 0.5) is 0 Å². The van der Waals surface area contributed by atoms with Crippen molar-refractivity contribution in [3.8, 4) is 0 Å². The van der Waals surface area contributed by atoms with Gasteiger partial charge in [-0.05, 0) is 19.3 Å². The summed E-state index contributed by atoms with van der Waals surface area (Å²) in [7, 11) is 0. The van der Waals surface area contributed by atoms with Crippen LogP contribution in [0, 0.1) is 5.92 Å². The minimum Gasteiger partial charge on any atom is -0.343 e. The molecule has 0 saturated heterocycles. The lowest BCUT2D eigenvalue weighted by Crippen LogP contribution is -2.34. The van der Waals surface area contributed by atoms with Gasteiger partial charge in [-0.1, -0.05) is 46.2 Å². The monoisotopic (exact) mass is 309 g/mol. The summed E-state index contributed by atoms with van der Waals surface area (Å²) < 4.78 is 5.26. The van der Waals surface area contributed by atoms with Crippen molar-refractivity contribution in [2.75, 3.05) is 13.1 Å².